The maximum Gasteiger partial charge on any atom is 0.138 e. The Labute approximate surface area is 66.3 Å². The standard InChI is InChI=1S/C5H2ClNS2/c6-5-4(9-3-7)1-2-8-5/h1-2H. The van der Waals surface area contributed by atoms with E-state index in [1.165, 1.54) is 11.3 Å². The van der Waals surface area contributed by atoms with Crippen molar-refractivity contribution in [3.63, 3.8) is 0 Å². The highest BCUT2D eigenvalue weighted by atomic mass is 35.5. The van der Waals surface area contributed by atoms with Crippen LogP contribution in [-0.2, 0) is 0 Å². The van der Waals surface area contributed by atoms with Gasteiger partial charge in [-0.3, -0.25) is 0 Å². The largest absolute Gasteiger partial charge is 0.185 e. The number of hydrogen-bond acceptors (Lipinski definition) is 3. The zero-order valence-corrected chi connectivity index (χ0v) is 6.69. The molecule has 9 heavy (non-hydrogen) atoms. The third-order valence-corrected chi connectivity index (χ3v) is 2.80. The predicted molar refractivity (Wildman–Crippen MR) is 40.8 cm³/mol. The lowest BCUT2D eigenvalue weighted by Crippen LogP contribution is -1.55. The molecule has 46 valence electrons. The summed E-state index contributed by atoms with van der Waals surface area (Å²) < 4.78 is 0.696. The first kappa shape index (κ1) is 6.94. The fourth-order valence-electron chi connectivity index (χ4n) is 0.402. The highest BCUT2D eigenvalue weighted by molar-refractivity contribution is 8.04. The van der Waals surface area contributed by atoms with Gasteiger partial charge in [-0.05, 0) is 23.2 Å². The second-order valence-electron chi connectivity index (χ2n) is 1.25. The van der Waals surface area contributed by atoms with E-state index in [0.717, 1.165) is 16.7 Å². The van der Waals surface area contributed by atoms with Crippen molar-refractivity contribution in [2.24, 2.45) is 0 Å². The van der Waals surface area contributed by atoms with Gasteiger partial charge in [0.2, 0.25) is 0 Å². The van der Waals surface area contributed by atoms with Gasteiger partial charge in [0.25, 0.3) is 0 Å². The van der Waals surface area contributed by atoms with E-state index in [0.29, 0.717) is 4.34 Å². The van der Waals surface area contributed by atoms with E-state index in [1.807, 2.05) is 16.8 Å². The first-order valence-corrected chi connectivity index (χ1v) is 4.21. The molecule has 1 rings (SSSR count). The smallest absolute Gasteiger partial charge is 0.138 e. The Morgan fingerprint density at radius 2 is 2.56 bits per heavy atom. The minimum atomic E-state index is 0.696. The number of rotatable bonds is 1. The minimum absolute atomic E-state index is 0.696. The van der Waals surface area contributed by atoms with Gasteiger partial charge < -0.3 is 0 Å². The van der Waals surface area contributed by atoms with Gasteiger partial charge in [-0.2, -0.15) is 5.26 Å². The Hall–Kier alpha value is -0.170. The molecule has 0 aliphatic rings. The van der Waals surface area contributed by atoms with Crippen molar-refractivity contribution in [3.05, 3.63) is 15.8 Å². The van der Waals surface area contributed by atoms with E-state index in [9.17, 15) is 0 Å². The molecule has 0 radical (unpaired) electrons. The Kier molecular flexibility index (Phi) is 2.40. The molecule has 0 aromatic carbocycles. The number of nitriles is 1. The third kappa shape index (κ3) is 1.62. The predicted octanol–water partition coefficient (Wildman–Crippen LogP) is 2.97. The minimum Gasteiger partial charge on any atom is -0.185 e. The Balaban J connectivity index is 2.84. The average molecular weight is 176 g/mol. The van der Waals surface area contributed by atoms with Crippen LogP contribution in [0.1, 0.15) is 0 Å². The van der Waals surface area contributed by atoms with Crippen LogP contribution in [0.15, 0.2) is 16.3 Å². The van der Waals surface area contributed by atoms with Crippen molar-refractivity contribution in [3.8, 4) is 5.40 Å². The van der Waals surface area contributed by atoms with Crippen molar-refractivity contribution in [1.82, 2.24) is 0 Å². The van der Waals surface area contributed by atoms with Crippen molar-refractivity contribution in [2.75, 3.05) is 0 Å². The summed E-state index contributed by atoms with van der Waals surface area (Å²) in [5.41, 5.74) is 0. The first-order chi connectivity index (χ1) is 4.34. The fourth-order valence-corrected chi connectivity index (χ4v) is 1.91. The van der Waals surface area contributed by atoms with Crippen molar-refractivity contribution in [1.29, 1.82) is 5.26 Å². The summed E-state index contributed by atoms with van der Waals surface area (Å²) in [5, 5.41) is 12.0. The fraction of sp³-hybridized carbons (Fsp3) is 0. The number of thiocyanates is 1. The molecule has 0 N–H and O–H groups in total. The molecule has 0 bridgehead atoms. The van der Waals surface area contributed by atoms with E-state index in [4.69, 9.17) is 16.9 Å². The molecule has 0 amide bonds. The van der Waals surface area contributed by atoms with Crippen LogP contribution in [0.2, 0.25) is 4.34 Å². The van der Waals surface area contributed by atoms with Crippen LogP contribution in [0, 0.1) is 10.7 Å². The van der Waals surface area contributed by atoms with Crippen molar-refractivity contribution in [2.45, 2.75) is 4.90 Å². The second-order valence-corrected chi connectivity index (χ2v) is 3.60. The number of thiophene rings is 1. The molecule has 0 atom stereocenters. The lowest BCUT2D eigenvalue weighted by molar-refractivity contribution is 1.55. The van der Waals surface area contributed by atoms with Gasteiger partial charge in [0.1, 0.15) is 9.74 Å². The van der Waals surface area contributed by atoms with Crippen molar-refractivity contribution >= 4 is 34.7 Å². The summed E-state index contributed by atoms with van der Waals surface area (Å²) in [4.78, 5) is 0.851. The molecular weight excluding hydrogens is 174 g/mol. The van der Waals surface area contributed by atoms with E-state index < -0.39 is 0 Å². The Morgan fingerprint density at radius 1 is 1.78 bits per heavy atom. The molecule has 0 spiro atoms. The van der Waals surface area contributed by atoms with Crippen LogP contribution < -0.4 is 0 Å². The van der Waals surface area contributed by atoms with Gasteiger partial charge >= 0.3 is 0 Å². The number of hydrogen-bond donors (Lipinski definition) is 0. The number of halogens is 1. The molecule has 4 heteroatoms. The van der Waals surface area contributed by atoms with Crippen LogP contribution in [0.25, 0.3) is 0 Å². The van der Waals surface area contributed by atoms with Gasteiger partial charge in [0, 0.05) is 0 Å². The molecule has 0 saturated heterocycles. The van der Waals surface area contributed by atoms with Gasteiger partial charge in [-0.25, -0.2) is 0 Å². The molecule has 0 fully saturated rings. The summed E-state index contributed by atoms with van der Waals surface area (Å²) in [6, 6.07) is 1.83. The van der Waals surface area contributed by atoms with Crippen LogP contribution >= 0.6 is 34.7 Å². The van der Waals surface area contributed by atoms with Gasteiger partial charge in [-0.15, -0.1) is 11.3 Å². The average Bonchev–Trinajstić information content (AvgIpc) is 2.18. The summed E-state index contributed by atoms with van der Waals surface area (Å²) in [7, 11) is 0. The van der Waals surface area contributed by atoms with E-state index in [2.05, 4.69) is 0 Å². The summed E-state index contributed by atoms with van der Waals surface area (Å²) in [5.74, 6) is 0. The summed E-state index contributed by atoms with van der Waals surface area (Å²) >= 11 is 8.20. The molecule has 1 heterocycles. The molecule has 0 unspecified atom stereocenters. The third-order valence-electron chi connectivity index (χ3n) is 0.740. The summed E-state index contributed by atoms with van der Waals surface area (Å²) in [6.45, 7) is 0. The number of nitrogens with zero attached hydrogens (tertiary/aromatic N) is 1. The Bertz CT molecular complexity index is 237. The van der Waals surface area contributed by atoms with Gasteiger partial charge in [0.05, 0.1) is 4.90 Å². The van der Waals surface area contributed by atoms with Crippen molar-refractivity contribution < 1.29 is 0 Å². The zero-order valence-electron chi connectivity index (χ0n) is 4.30. The normalized spacial score (nSPS) is 8.89. The number of thioether (sulfide) groups is 1. The lowest BCUT2D eigenvalue weighted by atomic mass is 10.7. The molecular formula is C5H2ClNS2. The van der Waals surface area contributed by atoms with E-state index >= 15 is 0 Å². The lowest BCUT2D eigenvalue weighted by Gasteiger charge is -1.82. The highest BCUT2D eigenvalue weighted by Gasteiger charge is 1.99. The van der Waals surface area contributed by atoms with Crippen LogP contribution in [-0.4, -0.2) is 0 Å². The molecule has 0 aliphatic heterocycles. The molecule has 1 nitrogen and oxygen atoms in total. The zero-order chi connectivity index (χ0) is 6.69. The Morgan fingerprint density at radius 3 is 3.00 bits per heavy atom. The van der Waals surface area contributed by atoms with Crippen LogP contribution in [0.3, 0.4) is 0 Å². The maximum atomic E-state index is 8.22. The van der Waals surface area contributed by atoms with Crippen LogP contribution in [0.4, 0.5) is 0 Å². The van der Waals surface area contributed by atoms with Crippen LogP contribution in [0.5, 0.6) is 0 Å². The molecule has 0 aliphatic carbocycles. The summed E-state index contributed by atoms with van der Waals surface area (Å²) in [6.07, 6.45) is 0. The second kappa shape index (κ2) is 3.11. The van der Waals surface area contributed by atoms with E-state index in [-0.39, 0.29) is 0 Å². The SMILES string of the molecule is N#CSc1ccsc1Cl. The van der Waals surface area contributed by atoms with Gasteiger partial charge in [-0.1, -0.05) is 11.6 Å². The van der Waals surface area contributed by atoms with E-state index in [1.54, 1.807) is 0 Å². The van der Waals surface area contributed by atoms with Gasteiger partial charge in [0.15, 0.2) is 0 Å². The maximum absolute atomic E-state index is 8.22. The molecule has 1 aromatic rings. The quantitative estimate of drug-likeness (QED) is 0.484. The molecule has 1 aromatic heterocycles. The monoisotopic (exact) mass is 175 g/mol. The highest BCUT2D eigenvalue weighted by Crippen LogP contribution is 2.30. The first-order valence-electron chi connectivity index (χ1n) is 2.13. The molecule has 0 saturated carbocycles. The topological polar surface area (TPSA) is 23.8 Å².